The molecule has 5 nitrogen and oxygen atoms in total. The van der Waals surface area contributed by atoms with Gasteiger partial charge in [-0.15, -0.1) is 0 Å². The minimum atomic E-state index is -0.798. The number of aryl methyl sites for hydroxylation is 2. The third-order valence-corrected chi connectivity index (χ3v) is 3.06. The van der Waals surface area contributed by atoms with Crippen LogP contribution in [0.5, 0.6) is 0 Å². The van der Waals surface area contributed by atoms with Crippen molar-refractivity contribution in [2.75, 3.05) is 0 Å². The summed E-state index contributed by atoms with van der Waals surface area (Å²) in [5.74, 6) is 0. The van der Waals surface area contributed by atoms with Crippen molar-refractivity contribution in [3.05, 3.63) is 34.4 Å². The quantitative estimate of drug-likeness (QED) is 0.858. The van der Waals surface area contributed by atoms with Gasteiger partial charge in [0.2, 0.25) is 0 Å². The van der Waals surface area contributed by atoms with Crippen molar-refractivity contribution in [2.24, 2.45) is 14.1 Å². The van der Waals surface area contributed by atoms with E-state index >= 15 is 0 Å². The Morgan fingerprint density at radius 1 is 1.25 bits per heavy atom. The molecule has 16 heavy (non-hydrogen) atoms. The first-order valence-corrected chi connectivity index (χ1v) is 5.24. The van der Waals surface area contributed by atoms with Crippen LogP contribution in [0.4, 0.5) is 0 Å². The van der Waals surface area contributed by atoms with E-state index in [1.54, 1.807) is 22.6 Å². The zero-order valence-electron chi connectivity index (χ0n) is 9.35. The highest BCUT2D eigenvalue weighted by atomic mass is 35.5. The van der Waals surface area contributed by atoms with E-state index in [1.165, 1.54) is 6.20 Å². The average molecular weight is 241 g/mol. The fraction of sp³-hybridized carbons (Fsp3) is 0.400. The standard InChI is InChI=1S/C10H13ClN4O/c1-6-7(4-12-14(6)2)10(16)9-8(11)5-13-15(9)3/h4-5,10,16H,1-3H3. The van der Waals surface area contributed by atoms with Gasteiger partial charge in [-0.3, -0.25) is 9.36 Å². The van der Waals surface area contributed by atoms with Crippen LogP contribution >= 0.6 is 11.6 Å². The minimum absolute atomic E-state index is 0.457. The number of hydrogen-bond donors (Lipinski definition) is 1. The smallest absolute Gasteiger partial charge is 0.125 e. The first-order chi connectivity index (χ1) is 7.52. The summed E-state index contributed by atoms with van der Waals surface area (Å²) in [4.78, 5) is 0. The van der Waals surface area contributed by atoms with Crippen LogP contribution in [0.1, 0.15) is 23.1 Å². The summed E-state index contributed by atoms with van der Waals surface area (Å²) in [6, 6.07) is 0. The number of hydrogen-bond acceptors (Lipinski definition) is 3. The van der Waals surface area contributed by atoms with E-state index in [-0.39, 0.29) is 0 Å². The van der Waals surface area contributed by atoms with E-state index in [9.17, 15) is 5.11 Å². The number of halogens is 1. The molecule has 2 rings (SSSR count). The third kappa shape index (κ3) is 1.62. The lowest BCUT2D eigenvalue weighted by atomic mass is 10.1. The van der Waals surface area contributed by atoms with E-state index in [2.05, 4.69) is 10.2 Å². The van der Waals surface area contributed by atoms with Crippen molar-refractivity contribution < 1.29 is 5.11 Å². The van der Waals surface area contributed by atoms with E-state index in [0.29, 0.717) is 10.7 Å². The molecule has 0 saturated carbocycles. The first kappa shape index (κ1) is 11.2. The van der Waals surface area contributed by atoms with E-state index < -0.39 is 6.10 Å². The number of aliphatic hydroxyl groups is 1. The molecule has 1 atom stereocenters. The van der Waals surface area contributed by atoms with Crippen LogP contribution in [0.25, 0.3) is 0 Å². The maximum Gasteiger partial charge on any atom is 0.125 e. The Labute approximate surface area is 98.3 Å². The van der Waals surface area contributed by atoms with Crippen molar-refractivity contribution in [2.45, 2.75) is 13.0 Å². The summed E-state index contributed by atoms with van der Waals surface area (Å²) in [6.45, 7) is 1.90. The van der Waals surface area contributed by atoms with Crippen molar-refractivity contribution in [3.8, 4) is 0 Å². The van der Waals surface area contributed by atoms with Crippen LogP contribution in [-0.4, -0.2) is 24.7 Å². The van der Waals surface area contributed by atoms with Gasteiger partial charge in [0.25, 0.3) is 0 Å². The maximum atomic E-state index is 10.2. The van der Waals surface area contributed by atoms with Gasteiger partial charge < -0.3 is 5.11 Å². The largest absolute Gasteiger partial charge is 0.382 e. The molecule has 0 aliphatic rings. The number of rotatable bonds is 2. The normalized spacial score (nSPS) is 13.1. The molecule has 6 heteroatoms. The first-order valence-electron chi connectivity index (χ1n) is 4.86. The molecule has 2 aromatic rings. The molecule has 1 N–H and O–H groups in total. The Balaban J connectivity index is 2.47. The SMILES string of the molecule is Cc1c(C(O)c2c(Cl)cnn2C)cnn1C. The summed E-state index contributed by atoms with van der Waals surface area (Å²) in [5.41, 5.74) is 2.23. The van der Waals surface area contributed by atoms with Crippen molar-refractivity contribution in [3.63, 3.8) is 0 Å². The summed E-state index contributed by atoms with van der Waals surface area (Å²) in [5, 5.41) is 18.8. The molecule has 0 fully saturated rings. The van der Waals surface area contributed by atoms with Gasteiger partial charge in [0, 0.05) is 25.4 Å². The van der Waals surface area contributed by atoms with Gasteiger partial charge in [-0.25, -0.2) is 0 Å². The molecule has 0 saturated heterocycles. The Hall–Kier alpha value is -1.33. The van der Waals surface area contributed by atoms with E-state index in [0.717, 1.165) is 11.3 Å². The molecule has 0 bridgehead atoms. The van der Waals surface area contributed by atoms with Gasteiger partial charge >= 0.3 is 0 Å². The maximum absolute atomic E-state index is 10.2. The number of aromatic nitrogens is 4. The molecule has 0 aromatic carbocycles. The molecule has 0 spiro atoms. The summed E-state index contributed by atoms with van der Waals surface area (Å²) >= 11 is 5.98. The fourth-order valence-electron chi connectivity index (χ4n) is 1.66. The molecule has 0 amide bonds. The fourth-order valence-corrected chi connectivity index (χ4v) is 1.93. The van der Waals surface area contributed by atoms with E-state index in [1.807, 2.05) is 14.0 Å². The zero-order valence-corrected chi connectivity index (χ0v) is 10.1. The number of nitrogens with zero attached hydrogens (tertiary/aromatic N) is 4. The van der Waals surface area contributed by atoms with Crippen LogP contribution in [0, 0.1) is 6.92 Å². The molecule has 86 valence electrons. The highest BCUT2D eigenvalue weighted by molar-refractivity contribution is 6.31. The van der Waals surface area contributed by atoms with Crippen LogP contribution < -0.4 is 0 Å². The van der Waals surface area contributed by atoms with Crippen molar-refractivity contribution in [1.29, 1.82) is 0 Å². The van der Waals surface area contributed by atoms with E-state index in [4.69, 9.17) is 11.6 Å². The van der Waals surface area contributed by atoms with Crippen LogP contribution in [0.15, 0.2) is 12.4 Å². The number of aliphatic hydroxyl groups excluding tert-OH is 1. The predicted octanol–water partition coefficient (Wildman–Crippen LogP) is 1.20. The van der Waals surface area contributed by atoms with Gasteiger partial charge in [-0.2, -0.15) is 10.2 Å². The van der Waals surface area contributed by atoms with Gasteiger partial charge in [0.05, 0.1) is 23.1 Å². The van der Waals surface area contributed by atoms with Gasteiger partial charge in [0.1, 0.15) is 6.10 Å². The van der Waals surface area contributed by atoms with Crippen LogP contribution in [-0.2, 0) is 14.1 Å². The lowest BCUT2D eigenvalue weighted by Crippen LogP contribution is -2.08. The van der Waals surface area contributed by atoms with Crippen LogP contribution in [0.3, 0.4) is 0 Å². The molecule has 0 aliphatic carbocycles. The zero-order chi connectivity index (χ0) is 11.9. The molecular weight excluding hydrogens is 228 g/mol. The summed E-state index contributed by atoms with van der Waals surface area (Å²) < 4.78 is 3.28. The topological polar surface area (TPSA) is 55.9 Å². The van der Waals surface area contributed by atoms with Crippen LogP contribution in [0.2, 0.25) is 5.02 Å². The van der Waals surface area contributed by atoms with Crippen molar-refractivity contribution >= 4 is 11.6 Å². The second kappa shape index (κ2) is 3.92. The lowest BCUT2D eigenvalue weighted by Gasteiger charge is -2.11. The Kier molecular flexibility index (Phi) is 2.73. The Morgan fingerprint density at radius 2 is 1.88 bits per heavy atom. The van der Waals surface area contributed by atoms with Crippen molar-refractivity contribution in [1.82, 2.24) is 19.6 Å². The summed E-state index contributed by atoms with van der Waals surface area (Å²) in [6.07, 6.45) is 2.36. The van der Waals surface area contributed by atoms with Gasteiger partial charge in [0.15, 0.2) is 0 Å². The highest BCUT2D eigenvalue weighted by Gasteiger charge is 2.21. The minimum Gasteiger partial charge on any atom is -0.382 e. The van der Waals surface area contributed by atoms with Gasteiger partial charge in [-0.1, -0.05) is 11.6 Å². The molecule has 0 radical (unpaired) electrons. The Morgan fingerprint density at radius 3 is 2.31 bits per heavy atom. The highest BCUT2D eigenvalue weighted by Crippen LogP contribution is 2.28. The molecule has 0 aliphatic heterocycles. The third-order valence-electron chi connectivity index (χ3n) is 2.76. The average Bonchev–Trinajstić information content (AvgIpc) is 2.73. The Bertz CT molecular complexity index is 497. The summed E-state index contributed by atoms with van der Waals surface area (Å²) in [7, 11) is 3.58. The predicted molar refractivity (Wildman–Crippen MR) is 60.2 cm³/mol. The second-order valence-corrected chi connectivity index (χ2v) is 4.12. The molecular formula is C10H13ClN4O. The monoisotopic (exact) mass is 240 g/mol. The molecule has 2 heterocycles. The lowest BCUT2D eigenvalue weighted by molar-refractivity contribution is 0.209. The second-order valence-electron chi connectivity index (χ2n) is 3.71. The molecule has 1 unspecified atom stereocenters. The molecule has 2 aromatic heterocycles. The van der Waals surface area contributed by atoms with Gasteiger partial charge in [-0.05, 0) is 6.92 Å².